The molecule has 1 heterocycles. The smallest absolute Gasteiger partial charge is 0.305 e. The minimum absolute atomic E-state index is 0.0359. The first-order valence-electron chi connectivity index (χ1n) is 8.80. The minimum atomic E-state index is -0.0894. The lowest BCUT2D eigenvalue weighted by molar-refractivity contribution is -0.152. The Balaban J connectivity index is 0.000000287. The molecule has 0 amide bonds. The largest absolute Gasteiger partial charge is 0.462 e. The van der Waals surface area contributed by atoms with Crippen molar-refractivity contribution in [2.24, 2.45) is 0 Å². The molecule has 1 aliphatic heterocycles. The molecule has 0 atom stereocenters. The normalized spacial score (nSPS) is 25.0. The molecule has 1 saturated heterocycles. The molecule has 1 saturated carbocycles. The Morgan fingerprint density at radius 3 is 1.95 bits per heavy atom. The summed E-state index contributed by atoms with van der Waals surface area (Å²) in [6.07, 6.45) is 8.23. The molecule has 4 nitrogen and oxygen atoms in total. The van der Waals surface area contributed by atoms with Gasteiger partial charge in [0.15, 0.2) is 0 Å². The Bertz CT molecular complexity index is 330. The van der Waals surface area contributed by atoms with E-state index in [2.05, 4.69) is 33.0 Å². The van der Waals surface area contributed by atoms with Crippen molar-refractivity contribution in [2.75, 3.05) is 0 Å². The quantitative estimate of drug-likeness (QED) is 0.765. The van der Waals surface area contributed by atoms with Crippen molar-refractivity contribution < 1.29 is 14.6 Å². The second-order valence-electron chi connectivity index (χ2n) is 8.06. The van der Waals surface area contributed by atoms with Crippen LogP contribution in [0, 0.1) is 0 Å². The van der Waals surface area contributed by atoms with Gasteiger partial charge in [-0.2, -0.15) is 0 Å². The second-order valence-corrected chi connectivity index (χ2v) is 8.06. The predicted octanol–water partition coefficient (Wildman–Crippen LogP) is 3.56. The summed E-state index contributed by atoms with van der Waals surface area (Å²) in [5.74, 6) is -0.0894. The molecule has 4 heteroatoms. The Labute approximate surface area is 136 Å². The molecule has 1 aliphatic carbocycles. The first kappa shape index (κ1) is 19.4. The van der Waals surface area contributed by atoms with Gasteiger partial charge in [-0.15, -0.1) is 0 Å². The number of esters is 1. The van der Waals surface area contributed by atoms with E-state index < -0.39 is 0 Å². The van der Waals surface area contributed by atoms with Crippen molar-refractivity contribution in [3.05, 3.63) is 0 Å². The molecule has 0 spiro atoms. The van der Waals surface area contributed by atoms with Gasteiger partial charge in [0.05, 0.1) is 6.10 Å². The van der Waals surface area contributed by atoms with E-state index in [9.17, 15) is 4.79 Å². The highest BCUT2D eigenvalue weighted by Crippen LogP contribution is 2.30. The van der Waals surface area contributed by atoms with Crippen molar-refractivity contribution in [2.45, 2.75) is 109 Å². The van der Waals surface area contributed by atoms with Gasteiger partial charge in [0.1, 0.15) is 6.10 Å². The van der Waals surface area contributed by atoms with E-state index in [4.69, 9.17) is 9.84 Å². The number of piperidine rings is 1. The maximum atomic E-state index is 11.3. The number of hydrogen-bond donors (Lipinski definition) is 2. The van der Waals surface area contributed by atoms with Gasteiger partial charge >= 0.3 is 5.97 Å². The summed E-state index contributed by atoms with van der Waals surface area (Å²) in [5, 5.41) is 12.5. The number of carbonyl (C=O) groups is 1. The van der Waals surface area contributed by atoms with E-state index in [1.54, 1.807) is 0 Å². The van der Waals surface area contributed by atoms with E-state index in [1.165, 1.54) is 19.3 Å². The number of nitrogens with one attached hydrogen (secondary N) is 1. The fraction of sp³-hybridized carbons (Fsp3) is 0.944. The molecule has 0 aromatic carbocycles. The van der Waals surface area contributed by atoms with Crippen molar-refractivity contribution >= 4 is 5.97 Å². The minimum Gasteiger partial charge on any atom is -0.462 e. The molecule has 0 aromatic heterocycles. The van der Waals surface area contributed by atoms with Gasteiger partial charge in [0.25, 0.3) is 0 Å². The van der Waals surface area contributed by atoms with Crippen LogP contribution in [0.4, 0.5) is 0 Å². The maximum Gasteiger partial charge on any atom is 0.305 e. The standard InChI is InChI=1S/C12H23NO2.C6H12O/c1-6-10(14)15-9-7-11(2,3)13-12(4,5)8-9;7-6-4-2-1-3-5-6/h9,13H,6-8H2,1-5H3;6-7H,1-5H2. The Kier molecular flexibility index (Phi) is 7.33. The lowest BCUT2D eigenvalue weighted by Crippen LogP contribution is -2.59. The van der Waals surface area contributed by atoms with Crippen molar-refractivity contribution in [1.29, 1.82) is 0 Å². The molecule has 0 aromatic rings. The number of aliphatic hydroxyl groups excluding tert-OH is 1. The highest BCUT2D eigenvalue weighted by atomic mass is 16.5. The van der Waals surface area contributed by atoms with Gasteiger partial charge in [-0.1, -0.05) is 26.2 Å². The van der Waals surface area contributed by atoms with Gasteiger partial charge in [-0.3, -0.25) is 4.79 Å². The molecule has 0 radical (unpaired) electrons. The van der Waals surface area contributed by atoms with Gasteiger partial charge in [0, 0.05) is 30.3 Å². The van der Waals surface area contributed by atoms with Crippen LogP contribution in [0.15, 0.2) is 0 Å². The predicted molar refractivity (Wildman–Crippen MR) is 89.8 cm³/mol. The van der Waals surface area contributed by atoms with Crippen molar-refractivity contribution in [3.63, 3.8) is 0 Å². The molecular weight excluding hydrogens is 278 g/mol. The fourth-order valence-electron chi connectivity index (χ4n) is 3.66. The number of carbonyl (C=O) groups excluding carboxylic acids is 1. The summed E-state index contributed by atoms with van der Waals surface area (Å²) in [6, 6.07) is 0. The van der Waals surface area contributed by atoms with Crippen LogP contribution in [0.3, 0.4) is 0 Å². The molecule has 130 valence electrons. The summed E-state index contributed by atoms with van der Waals surface area (Å²) < 4.78 is 5.43. The van der Waals surface area contributed by atoms with E-state index in [0.717, 1.165) is 25.7 Å². The first-order valence-corrected chi connectivity index (χ1v) is 8.80. The topological polar surface area (TPSA) is 58.6 Å². The summed E-state index contributed by atoms with van der Waals surface area (Å²) >= 11 is 0. The lowest BCUT2D eigenvalue weighted by atomic mass is 9.81. The van der Waals surface area contributed by atoms with Gasteiger partial charge in [0.2, 0.25) is 0 Å². The highest BCUT2D eigenvalue weighted by Gasteiger charge is 2.39. The number of ether oxygens (including phenoxy) is 1. The average Bonchev–Trinajstić information content (AvgIpc) is 2.36. The zero-order valence-electron chi connectivity index (χ0n) is 15.1. The Hall–Kier alpha value is -0.610. The van der Waals surface area contributed by atoms with Crippen LogP contribution in [0.2, 0.25) is 0 Å². The summed E-state index contributed by atoms with van der Waals surface area (Å²) in [4.78, 5) is 11.3. The van der Waals surface area contributed by atoms with Gasteiger partial charge < -0.3 is 15.2 Å². The number of rotatable bonds is 2. The Morgan fingerprint density at radius 1 is 1.09 bits per heavy atom. The maximum absolute atomic E-state index is 11.3. The summed E-state index contributed by atoms with van der Waals surface area (Å²) in [7, 11) is 0. The summed E-state index contributed by atoms with van der Waals surface area (Å²) in [6.45, 7) is 10.4. The summed E-state index contributed by atoms with van der Waals surface area (Å²) in [5.41, 5.74) is 0.0842. The zero-order valence-corrected chi connectivity index (χ0v) is 15.1. The third-order valence-electron chi connectivity index (χ3n) is 4.31. The van der Waals surface area contributed by atoms with E-state index in [0.29, 0.717) is 6.42 Å². The molecule has 2 fully saturated rings. The number of aliphatic hydroxyl groups is 1. The van der Waals surface area contributed by atoms with Crippen molar-refractivity contribution in [1.82, 2.24) is 5.32 Å². The van der Waals surface area contributed by atoms with Gasteiger partial charge in [-0.25, -0.2) is 0 Å². The van der Waals surface area contributed by atoms with E-state index in [1.807, 2.05) is 6.92 Å². The van der Waals surface area contributed by atoms with Crippen LogP contribution in [0.25, 0.3) is 0 Å². The molecular formula is C18H35NO3. The van der Waals surface area contributed by atoms with Crippen LogP contribution >= 0.6 is 0 Å². The zero-order chi connectivity index (χ0) is 16.8. The molecule has 0 unspecified atom stereocenters. The van der Waals surface area contributed by atoms with Crippen LogP contribution in [-0.4, -0.2) is 34.4 Å². The first-order chi connectivity index (χ1) is 10.1. The molecule has 22 heavy (non-hydrogen) atoms. The monoisotopic (exact) mass is 313 g/mol. The van der Waals surface area contributed by atoms with E-state index in [-0.39, 0.29) is 29.3 Å². The van der Waals surface area contributed by atoms with Crippen LogP contribution in [-0.2, 0) is 9.53 Å². The lowest BCUT2D eigenvalue weighted by Gasteiger charge is -2.45. The van der Waals surface area contributed by atoms with Crippen LogP contribution < -0.4 is 5.32 Å². The van der Waals surface area contributed by atoms with Gasteiger partial charge in [-0.05, 0) is 40.5 Å². The molecule has 2 N–H and O–H groups in total. The highest BCUT2D eigenvalue weighted by molar-refractivity contribution is 5.69. The average molecular weight is 313 g/mol. The van der Waals surface area contributed by atoms with Crippen LogP contribution in [0.5, 0.6) is 0 Å². The van der Waals surface area contributed by atoms with E-state index >= 15 is 0 Å². The number of hydrogen-bond acceptors (Lipinski definition) is 4. The molecule has 2 rings (SSSR count). The second kappa shape index (κ2) is 8.30. The Morgan fingerprint density at radius 2 is 1.59 bits per heavy atom. The molecule has 2 aliphatic rings. The SMILES string of the molecule is CCC(=O)OC1CC(C)(C)NC(C)(C)C1.OC1CCCCC1. The van der Waals surface area contributed by atoms with Crippen molar-refractivity contribution in [3.8, 4) is 0 Å². The molecule has 0 bridgehead atoms. The van der Waals surface area contributed by atoms with Crippen LogP contribution in [0.1, 0.15) is 86.0 Å². The third-order valence-corrected chi connectivity index (χ3v) is 4.31. The fourth-order valence-corrected chi connectivity index (χ4v) is 3.66. The third kappa shape index (κ3) is 7.59.